The normalized spacial score (nSPS) is 15.6. The smallest absolute Gasteiger partial charge is 0.382 e. The summed E-state index contributed by atoms with van der Waals surface area (Å²) in [6.45, 7) is 3.67. The molecular formula is C14H13NO6. The van der Waals surface area contributed by atoms with Crippen LogP contribution in [-0.2, 0) is 20.9 Å². The van der Waals surface area contributed by atoms with Gasteiger partial charge in [-0.05, 0) is 11.6 Å². The van der Waals surface area contributed by atoms with Crippen molar-refractivity contribution in [2.24, 2.45) is 0 Å². The maximum atomic E-state index is 11.6. The Kier molecular flexibility index (Phi) is 4.02. The van der Waals surface area contributed by atoms with Crippen molar-refractivity contribution in [3.05, 3.63) is 57.7 Å². The minimum Gasteiger partial charge on any atom is -0.464 e. The van der Waals surface area contributed by atoms with Gasteiger partial charge in [-0.1, -0.05) is 18.2 Å². The van der Waals surface area contributed by atoms with Gasteiger partial charge in [-0.3, -0.25) is 10.1 Å². The predicted molar refractivity (Wildman–Crippen MR) is 71.3 cm³/mol. The first kappa shape index (κ1) is 14.7. The summed E-state index contributed by atoms with van der Waals surface area (Å²) in [5.41, 5.74) is 1.57. The third-order valence-electron chi connectivity index (χ3n) is 3.36. The van der Waals surface area contributed by atoms with Crippen molar-refractivity contribution in [3.63, 3.8) is 0 Å². The van der Waals surface area contributed by atoms with E-state index in [0.717, 1.165) is 7.11 Å². The van der Waals surface area contributed by atoms with Crippen molar-refractivity contribution in [1.29, 1.82) is 0 Å². The van der Waals surface area contributed by atoms with E-state index in [1.54, 1.807) is 12.1 Å². The number of hydrogen-bond donors (Lipinski definition) is 0. The van der Waals surface area contributed by atoms with Crippen LogP contribution in [0.3, 0.4) is 0 Å². The molecule has 1 aliphatic rings. The van der Waals surface area contributed by atoms with Crippen LogP contribution in [0.4, 0.5) is 0 Å². The Bertz CT molecular complexity index is 624. The highest BCUT2D eigenvalue weighted by atomic mass is 16.6. The Morgan fingerprint density at radius 1 is 1.57 bits per heavy atom. The molecule has 0 saturated carbocycles. The standard InChI is InChI=1S/C14H13NO6/c1-3-10(12(15(18)19)14(17)20-2)8-4-5-11-9(6-8)7-21-13(11)16/h3-6,10,12H,1,7H2,2H3. The van der Waals surface area contributed by atoms with Gasteiger partial charge >= 0.3 is 18.0 Å². The van der Waals surface area contributed by atoms with E-state index in [1.807, 2.05) is 0 Å². The topological polar surface area (TPSA) is 95.7 Å². The molecule has 1 aromatic carbocycles. The molecule has 21 heavy (non-hydrogen) atoms. The summed E-state index contributed by atoms with van der Waals surface area (Å²) >= 11 is 0. The van der Waals surface area contributed by atoms with Crippen LogP contribution in [0, 0.1) is 10.1 Å². The van der Waals surface area contributed by atoms with Crippen LogP contribution in [0.25, 0.3) is 0 Å². The van der Waals surface area contributed by atoms with Crippen LogP contribution in [0.2, 0.25) is 0 Å². The molecule has 0 saturated heterocycles. The Labute approximate surface area is 120 Å². The molecule has 0 amide bonds. The second-order valence-corrected chi connectivity index (χ2v) is 4.51. The Morgan fingerprint density at radius 3 is 2.86 bits per heavy atom. The van der Waals surface area contributed by atoms with Gasteiger partial charge in [0.2, 0.25) is 0 Å². The summed E-state index contributed by atoms with van der Waals surface area (Å²) in [4.78, 5) is 33.4. The first-order chi connectivity index (χ1) is 9.99. The van der Waals surface area contributed by atoms with Gasteiger partial charge < -0.3 is 9.47 Å². The Balaban J connectivity index is 2.41. The maximum Gasteiger partial charge on any atom is 0.382 e. The summed E-state index contributed by atoms with van der Waals surface area (Å²) in [5, 5.41) is 11.1. The Morgan fingerprint density at radius 2 is 2.29 bits per heavy atom. The van der Waals surface area contributed by atoms with Crippen LogP contribution < -0.4 is 0 Å². The summed E-state index contributed by atoms with van der Waals surface area (Å²) < 4.78 is 9.36. The van der Waals surface area contributed by atoms with E-state index in [9.17, 15) is 19.7 Å². The zero-order valence-corrected chi connectivity index (χ0v) is 11.3. The summed E-state index contributed by atoms with van der Waals surface area (Å²) in [5.74, 6) is -2.23. The molecule has 0 spiro atoms. The molecule has 0 fully saturated rings. The van der Waals surface area contributed by atoms with Crippen molar-refractivity contribution in [2.75, 3.05) is 7.11 Å². The van der Waals surface area contributed by atoms with Crippen LogP contribution in [-0.4, -0.2) is 30.0 Å². The first-order valence-electron chi connectivity index (χ1n) is 6.13. The molecule has 0 radical (unpaired) electrons. The van der Waals surface area contributed by atoms with Gasteiger partial charge in [0.25, 0.3) is 0 Å². The summed E-state index contributed by atoms with van der Waals surface area (Å²) in [6, 6.07) is 3.12. The fraction of sp³-hybridized carbons (Fsp3) is 0.286. The van der Waals surface area contributed by atoms with Crippen molar-refractivity contribution in [3.8, 4) is 0 Å². The number of carbonyl (C=O) groups is 2. The fourth-order valence-corrected chi connectivity index (χ4v) is 2.29. The highest BCUT2D eigenvalue weighted by Gasteiger charge is 2.39. The van der Waals surface area contributed by atoms with Crippen molar-refractivity contribution >= 4 is 11.9 Å². The molecule has 0 aromatic heterocycles. The molecule has 2 unspecified atom stereocenters. The molecule has 0 aliphatic carbocycles. The number of hydrogen-bond acceptors (Lipinski definition) is 6. The number of ether oxygens (including phenoxy) is 2. The molecule has 0 N–H and O–H groups in total. The van der Waals surface area contributed by atoms with Gasteiger partial charge in [0.15, 0.2) is 0 Å². The number of nitrogens with zero attached hydrogens (tertiary/aromatic N) is 1. The number of benzene rings is 1. The highest BCUT2D eigenvalue weighted by Crippen LogP contribution is 2.28. The van der Waals surface area contributed by atoms with Gasteiger partial charge in [-0.2, -0.15) is 0 Å². The molecule has 2 rings (SSSR count). The lowest BCUT2D eigenvalue weighted by atomic mass is 9.90. The van der Waals surface area contributed by atoms with Crippen molar-refractivity contribution < 1.29 is 24.0 Å². The molecule has 1 heterocycles. The van der Waals surface area contributed by atoms with E-state index in [4.69, 9.17) is 4.74 Å². The molecule has 1 aromatic rings. The van der Waals surface area contributed by atoms with Crippen LogP contribution in [0.1, 0.15) is 27.4 Å². The van der Waals surface area contributed by atoms with Gasteiger partial charge in [-0.15, -0.1) is 6.58 Å². The average Bonchev–Trinajstić information content (AvgIpc) is 2.84. The molecule has 2 atom stereocenters. The largest absolute Gasteiger partial charge is 0.464 e. The fourth-order valence-electron chi connectivity index (χ4n) is 2.29. The molecule has 1 aliphatic heterocycles. The maximum absolute atomic E-state index is 11.6. The number of esters is 2. The molecule has 7 heteroatoms. The highest BCUT2D eigenvalue weighted by molar-refractivity contribution is 5.93. The van der Waals surface area contributed by atoms with E-state index in [0.29, 0.717) is 16.7 Å². The number of nitro groups is 1. The van der Waals surface area contributed by atoms with E-state index in [-0.39, 0.29) is 6.61 Å². The molecular weight excluding hydrogens is 278 g/mol. The quantitative estimate of drug-likeness (QED) is 0.352. The van der Waals surface area contributed by atoms with E-state index in [2.05, 4.69) is 11.3 Å². The monoisotopic (exact) mass is 291 g/mol. The minimum atomic E-state index is -1.58. The first-order valence-corrected chi connectivity index (χ1v) is 6.13. The van der Waals surface area contributed by atoms with E-state index in [1.165, 1.54) is 12.1 Å². The number of methoxy groups -OCH3 is 1. The summed E-state index contributed by atoms with van der Waals surface area (Å²) in [7, 11) is 1.09. The van der Waals surface area contributed by atoms with Crippen LogP contribution >= 0.6 is 0 Å². The number of rotatable bonds is 5. The predicted octanol–water partition coefficient (Wildman–Crippen LogP) is 1.44. The zero-order chi connectivity index (χ0) is 15.6. The SMILES string of the molecule is C=CC(c1ccc2c(c1)COC2=O)C(C(=O)OC)[N+](=O)[O-]. The van der Waals surface area contributed by atoms with E-state index < -0.39 is 28.8 Å². The zero-order valence-electron chi connectivity index (χ0n) is 11.3. The summed E-state index contributed by atoms with van der Waals surface area (Å²) in [6.07, 6.45) is 1.32. The van der Waals surface area contributed by atoms with Crippen molar-refractivity contribution in [1.82, 2.24) is 0 Å². The lowest BCUT2D eigenvalue weighted by Crippen LogP contribution is -2.36. The number of cyclic esters (lactones) is 1. The number of fused-ring (bicyclic) bond motifs is 1. The third kappa shape index (κ3) is 2.62. The van der Waals surface area contributed by atoms with Crippen molar-refractivity contribution in [2.45, 2.75) is 18.6 Å². The van der Waals surface area contributed by atoms with Gasteiger partial charge in [-0.25, -0.2) is 9.59 Å². The molecule has 7 nitrogen and oxygen atoms in total. The second kappa shape index (κ2) is 5.74. The van der Waals surface area contributed by atoms with Gasteiger partial charge in [0.05, 0.1) is 18.6 Å². The Hall–Kier alpha value is -2.70. The lowest BCUT2D eigenvalue weighted by molar-refractivity contribution is -0.512. The third-order valence-corrected chi connectivity index (χ3v) is 3.36. The van der Waals surface area contributed by atoms with Gasteiger partial charge in [0.1, 0.15) is 6.61 Å². The lowest BCUT2D eigenvalue weighted by Gasteiger charge is -2.16. The number of carbonyl (C=O) groups excluding carboxylic acids is 2. The molecule has 0 bridgehead atoms. The van der Waals surface area contributed by atoms with E-state index >= 15 is 0 Å². The minimum absolute atomic E-state index is 0.118. The molecule has 110 valence electrons. The second-order valence-electron chi connectivity index (χ2n) is 4.51. The van der Waals surface area contributed by atoms with Crippen LogP contribution in [0.15, 0.2) is 30.9 Å². The average molecular weight is 291 g/mol. The van der Waals surface area contributed by atoms with Gasteiger partial charge in [0, 0.05) is 10.5 Å². The van der Waals surface area contributed by atoms with Crippen LogP contribution in [0.5, 0.6) is 0 Å².